The summed E-state index contributed by atoms with van der Waals surface area (Å²) < 4.78 is 15.4. The number of aromatic nitrogens is 2. The van der Waals surface area contributed by atoms with Crippen molar-refractivity contribution in [3.63, 3.8) is 0 Å². The van der Waals surface area contributed by atoms with E-state index in [1.165, 1.54) is 6.07 Å². The molecule has 1 aliphatic rings. The van der Waals surface area contributed by atoms with Crippen molar-refractivity contribution in [1.29, 1.82) is 0 Å². The number of nitrogens with zero attached hydrogens (tertiary/aromatic N) is 2. The second kappa shape index (κ2) is 6.52. The highest BCUT2D eigenvalue weighted by molar-refractivity contribution is 5.76. The molecule has 1 aromatic heterocycles. The molecule has 1 saturated carbocycles. The van der Waals surface area contributed by atoms with E-state index >= 15 is 0 Å². The molecule has 0 unspecified atom stereocenters. The predicted octanol–water partition coefficient (Wildman–Crippen LogP) is 2.96. The third kappa shape index (κ3) is 3.44. The van der Waals surface area contributed by atoms with Gasteiger partial charge in [-0.25, -0.2) is 9.37 Å². The van der Waals surface area contributed by atoms with E-state index < -0.39 is 0 Å². The number of benzene rings is 1. The third-order valence-corrected chi connectivity index (χ3v) is 4.86. The molecule has 1 aliphatic carbocycles. The van der Waals surface area contributed by atoms with Crippen LogP contribution in [-0.4, -0.2) is 22.0 Å². The van der Waals surface area contributed by atoms with Gasteiger partial charge in [-0.15, -0.1) is 0 Å². The lowest BCUT2D eigenvalue weighted by Crippen LogP contribution is -2.40. The van der Waals surface area contributed by atoms with E-state index in [2.05, 4.69) is 10.3 Å². The average Bonchev–Trinajstić information content (AvgIpc) is 3.16. The van der Waals surface area contributed by atoms with Crippen LogP contribution in [0.25, 0.3) is 0 Å². The molecule has 0 atom stereocenters. The SMILES string of the molecule is Cc1nccn1CC(=O)NCC1(c2cccc(F)c2)CCCC1. The number of hydrogen-bond acceptors (Lipinski definition) is 2. The molecule has 0 aliphatic heterocycles. The second-order valence-electron chi connectivity index (χ2n) is 6.38. The van der Waals surface area contributed by atoms with Gasteiger partial charge in [-0.1, -0.05) is 25.0 Å². The molecular formula is C18H22FN3O. The van der Waals surface area contributed by atoms with Gasteiger partial charge in [0.2, 0.25) is 5.91 Å². The molecule has 0 saturated heterocycles. The Morgan fingerprint density at radius 1 is 1.39 bits per heavy atom. The Labute approximate surface area is 135 Å². The number of carbonyl (C=O) groups is 1. The van der Waals surface area contributed by atoms with Crippen molar-refractivity contribution >= 4 is 5.91 Å². The van der Waals surface area contributed by atoms with Crippen LogP contribution in [-0.2, 0) is 16.8 Å². The quantitative estimate of drug-likeness (QED) is 0.922. The molecule has 1 fully saturated rings. The van der Waals surface area contributed by atoms with E-state index in [9.17, 15) is 9.18 Å². The number of imidazole rings is 1. The summed E-state index contributed by atoms with van der Waals surface area (Å²) >= 11 is 0. The van der Waals surface area contributed by atoms with Crippen molar-refractivity contribution in [1.82, 2.24) is 14.9 Å². The minimum atomic E-state index is -0.214. The Kier molecular flexibility index (Phi) is 4.46. The Morgan fingerprint density at radius 2 is 2.17 bits per heavy atom. The van der Waals surface area contributed by atoms with E-state index in [1.807, 2.05) is 17.6 Å². The van der Waals surface area contributed by atoms with Gasteiger partial charge in [-0.05, 0) is 37.5 Å². The van der Waals surface area contributed by atoms with Gasteiger partial charge in [-0.2, -0.15) is 0 Å². The van der Waals surface area contributed by atoms with Crippen molar-refractivity contribution in [2.24, 2.45) is 0 Å². The maximum Gasteiger partial charge on any atom is 0.240 e. The van der Waals surface area contributed by atoms with Crippen LogP contribution in [0, 0.1) is 12.7 Å². The second-order valence-corrected chi connectivity index (χ2v) is 6.38. The monoisotopic (exact) mass is 315 g/mol. The van der Waals surface area contributed by atoms with E-state index in [0.717, 1.165) is 37.1 Å². The molecule has 1 N–H and O–H groups in total. The molecule has 1 aromatic carbocycles. The molecule has 4 nitrogen and oxygen atoms in total. The zero-order chi connectivity index (χ0) is 16.3. The smallest absolute Gasteiger partial charge is 0.240 e. The van der Waals surface area contributed by atoms with Gasteiger partial charge in [0.15, 0.2) is 0 Å². The van der Waals surface area contributed by atoms with E-state index in [1.54, 1.807) is 24.5 Å². The number of rotatable bonds is 5. The van der Waals surface area contributed by atoms with E-state index in [4.69, 9.17) is 0 Å². The molecule has 1 heterocycles. The summed E-state index contributed by atoms with van der Waals surface area (Å²) in [6, 6.07) is 6.80. The lowest BCUT2D eigenvalue weighted by atomic mass is 9.78. The van der Waals surface area contributed by atoms with Gasteiger partial charge in [0, 0.05) is 24.4 Å². The van der Waals surface area contributed by atoms with Crippen LogP contribution in [0.2, 0.25) is 0 Å². The summed E-state index contributed by atoms with van der Waals surface area (Å²) in [5, 5.41) is 3.04. The number of halogens is 1. The molecule has 23 heavy (non-hydrogen) atoms. The first-order valence-electron chi connectivity index (χ1n) is 8.10. The number of amides is 1. The highest BCUT2D eigenvalue weighted by Gasteiger charge is 2.36. The lowest BCUT2D eigenvalue weighted by molar-refractivity contribution is -0.122. The Bertz CT molecular complexity index is 689. The van der Waals surface area contributed by atoms with Gasteiger partial charge in [0.25, 0.3) is 0 Å². The Hall–Kier alpha value is -2.17. The largest absolute Gasteiger partial charge is 0.354 e. The van der Waals surface area contributed by atoms with E-state index in [-0.39, 0.29) is 23.7 Å². The Balaban J connectivity index is 1.68. The molecule has 0 spiro atoms. The van der Waals surface area contributed by atoms with Crippen LogP contribution in [0.5, 0.6) is 0 Å². The first kappa shape index (κ1) is 15.7. The van der Waals surface area contributed by atoms with Crippen molar-refractivity contribution in [2.45, 2.75) is 44.6 Å². The van der Waals surface area contributed by atoms with Gasteiger partial charge in [-0.3, -0.25) is 4.79 Å². The molecule has 122 valence electrons. The van der Waals surface area contributed by atoms with Gasteiger partial charge in [0.1, 0.15) is 18.2 Å². The van der Waals surface area contributed by atoms with Crippen LogP contribution in [0.15, 0.2) is 36.7 Å². The predicted molar refractivity (Wildman–Crippen MR) is 86.5 cm³/mol. The molecule has 3 rings (SSSR count). The fourth-order valence-corrected chi connectivity index (χ4v) is 3.49. The summed E-state index contributed by atoms with van der Waals surface area (Å²) in [5.41, 5.74) is 0.857. The summed E-state index contributed by atoms with van der Waals surface area (Å²) in [4.78, 5) is 16.3. The van der Waals surface area contributed by atoms with Gasteiger partial charge < -0.3 is 9.88 Å². The van der Waals surface area contributed by atoms with Crippen LogP contribution < -0.4 is 5.32 Å². The van der Waals surface area contributed by atoms with E-state index in [0.29, 0.717) is 6.54 Å². The average molecular weight is 315 g/mol. The molecular weight excluding hydrogens is 293 g/mol. The lowest BCUT2D eigenvalue weighted by Gasteiger charge is -2.30. The number of carbonyl (C=O) groups excluding carboxylic acids is 1. The van der Waals surface area contributed by atoms with Crippen molar-refractivity contribution < 1.29 is 9.18 Å². The van der Waals surface area contributed by atoms with Crippen LogP contribution in [0.1, 0.15) is 37.1 Å². The van der Waals surface area contributed by atoms with Crippen molar-refractivity contribution in [2.75, 3.05) is 6.54 Å². The summed E-state index contributed by atoms with van der Waals surface area (Å²) in [6.07, 6.45) is 7.70. The third-order valence-electron chi connectivity index (χ3n) is 4.86. The first-order chi connectivity index (χ1) is 11.1. The highest BCUT2D eigenvalue weighted by atomic mass is 19.1. The van der Waals surface area contributed by atoms with Crippen molar-refractivity contribution in [3.05, 3.63) is 53.9 Å². The minimum absolute atomic E-state index is 0.0335. The standard InChI is InChI=1S/C18H22FN3O/c1-14-20-9-10-22(14)12-17(23)21-13-18(7-2-3-8-18)15-5-4-6-16(19)11-15/h4-6,9-11H,2-3,7-8,12-13H2,1H3,(H,21,23). The molecule has 0 bridgehead atoms. The summed E-state index contributed by atoms with van der Waals surface area (Å²) in [7, 11) is 0. The van der Waals surface area contributed by atoms with Gasteiger partial charge in [0.05, 0.1) is 0 Å². The molecule has 1 amide bonds. The zero-order valence-corrected chi connectivity index (χ0v) is 13.4. The van der Waals surface area contributed by atoms with Crippen LogP contribution >= 0.6 is 0 Å². The number of hydrogen-bond donors (Lipinski definition) is 1. The minimum Gasteiger partial charge on any atom is -0.354 e. The highest BCUT2D eigenvalue weighted by Crippen LogP contribution is 2.40. The number of nitrogens with one attached hydrogen (secondary N) is 1. The Morgan fingerprint density at radius 3 is 2.83 bits per heavy atom. The topological polar surface area (TPSA) is 46.9 Å². The van der Waals surface area contributed by atoms with Crippen LogP contribution in [0.4, 0.5) is 4.39 Å². The fraction of sp³-hybridized carbons (Fsp3) is 0.444. The maximum atomic E-state index is 13.6. The molecule has 5 heteroatoms. The number of aryl methyl sites for hydroxylation is 1. The molecule has 0 radical (unpaired) electrons. The van der Waals surface area contributed by atoms with Crippen LogP contribution in [0.3, 0.4) is 0 Å². The fourth-order valence-electron chi connectivity index (χ4n) is 3.49. The maximum absolute atomic E-state index is 13.6. The molecule has 2 aromatic rings. The first-order valence-corrected chi connectivity index (χ1v) is 8.10. The summed E-state index contributed by atoms with van der Waals surface area (Å²) in [5.74, 6) is 0.573. The summed E-state index contributed by atoms with van der Waals surface area (Å²) in [6.45, 7) is 2.70. The van der Waals surface area contributed by atoms with Gasteiger partial charge >= 0.3 is 0 Å². The zero-order valence-electron chi connectivity index (χ0n) is 13.4. The normalized spacial score (nSPS) is 16.4. The van der Waals surface area contributed by atoms with Crippen molar-refractivity contribution in [3.8, 4) is 0 Å².